The predicted molar refractivity (Wildman–Crippen MR) is 123 cm³/mol. The molecule has 0 aromatic heterocycles. The predicted octanol–water partition coefficient (Wildman–Crippen LogP) is 5.20. The summed E-state index contributed by atoms with van der Waals surface area (Å²) in [6.07, 6.45) is 0.396. The monoisotopic (exact) mass is 451 g/mol. The van der Waals surface area contributed by atoms with Crippen molar-refractivity contribution in [1.29, 1.82) is 0 Å². The molecule has 0 aliphatic carbocycles. The fourth-order valence-electron chi connectivity index (χ4n) is 3.31. The van der Waals surface area contributed by atoms with E-state index in [0.717, 1.165) is 11.3 Å². The van der Waals surface area contributed by atoms with E-state index in [1.54, 1.807) is 68.1 Å². The zero-order chi connectivity index (χ0) is 24.0. The lowest BCUT2D eigenvalue weighted by molar-refractivity contribution is 0.0531. The van der Waals surface area contributed by atoms with Crippen molar-refractivity contribution in [2.45, 2.75) is 32.8 Å². The average Bonchev–Trinajstić information content (AvgIpc) is 2.78. The molecule has 7 nitrogen and oxygen atoms in total. The molecule has 8 heteroatoms. The molecule has 1 aliphatic rings. The topological polar surface area (TPSA) is 72.2 Å². The van der Waals surface area contributed by atoms with Crippen molar-refractivity contribution in [3.63, 3.8) is 0 Å². The first-order chi connectivity index (χ1) is 15.7. The highest BCUT2D eigenvalue weighted by Gasteiger charge is 2.26. The quantitative estimate of drug-likeness (QED) is 0.613. The number of alkyl carbamates (subject to hydrolysis) is 1. The minimum atomic E-state index is -0.641. The second kappa shape index (κ2) is 10.2. The first-order valence-electron chi connectivity index (χ1n) is 10.5. The Kier molecular flexibility index (Phi) is 7.34. The molecule has 1 N–H and O–H groups in total. The fraction of sp³-hybridized carbons (Fsp3) is 0.320. The van der Waals surface area contributed by atoms with Crippen molar-refractivity contribution >= 4 is 23.4 Å². The van der Waals surface area contributed by atoms with Crippen LogP contribution in [-0.4, -0.2) is 37.3 Å². The summed E-state index contributed by atoms with van der Waals surface area (Å²) >= 11 is 0. The van der Waals surface area contributed by atoms with E-state index in [9.17, 15) is 14.0 Å². The Morgan fingerprint density at radius 2 is 1.97 bits per heavy atom. The van der Waals surface area contributed by atoms with Gasteiger partial charge < -0.3 is 19.7 Å². The summed E-state index contributed by atoms with van der Waals surface area (Å²) in [5, 5.41) is 2.49. The van der Waals surface area contributed by atoms with Gasteiger partial charge in [0.1, 0.15) is 18.0 Å². The summed E-state index contributed by atoms with van der Waals surface area (Å²) in [7, 11) is 0. The average molecular weight is 451 g/mol. The van der Waals surface area contributed by atoms with Gasteiger partial charge in [-0.15, -0.1) is 0 Å². The number of benzene rings is 2. The van der Waals surface area contributed by atoms with Crippen LogP contribution in [0.15, 0.2) is 54.4 Å². The van der Waals surface area contributed by atoms with Crippen LogP contribution in [0.1, 0.15) is 36.7 Å². The van der Waals surface area contributed by atoms with Crippen molar-refractivity contribution in [3.05, 3.63) is 76.9 Å². The number of hydrogen-bond acceptors (Lipinski definition) is 4. The Morgan fingerprint density at radius 3 is 2.61 bits per heavy atom. The molecule has 2 aromatic carbocycles. The van der Waals surface area contributed by atoms with Crippen molar-refractivity contribution in [2.75, 3.05) is 24.6 Å². The largest absolute Gasteiger partial charge is 0.489 e. The van der Waals surface area contributed by atoms with Crippen molar-refractivity contribution in [3.8, 4) is 5.75 Å². The first kappa shape index (κ1) is 23.8. The Morgan fingerprint density at radius 1 is 1.24 bits per heavy atom. The van der Waals surface area contributed by atoms with Crippen molar-refractivity contribution < 1.29 is 23.5 Å². The van der Waals surface area contributed by atoms with Crippen LogP contribution in [0.3, 0.4) is 0 Å². The van der Waals surface area contributed by atoms with Crippen molar-refractivity contribution in [1.82, 2.24) is 5.32 Å². The molecule has 33 heavy (non-hydrogen) atoms. The summed E-state index contributed by atoms with van der Waals surface area (Å²) in [5.41, 5.74) is 2.29. The third-order valence-corrected chi connectivity index (χ3v) is 4.88. The second-order valence-electron chi connectivity index (χ2n) is 8.57. The van der Waals surface area contributed by atoms with Gasteiger partial charge in [-0.3, -0.25) is 4.79 Å². The smallest absolute Gasteiger partial charge is 0.407 e. The Bertz CT molecular complexity index is 1100. The SMILES string of the molecule is [C-]#[N+]c1ccc(N2CCc3cc(OC/C(=C\F)CNC(=O)OC(C)(C)C)ccc3C2=O)cc1. The lowest BCUT2D eigenvalue weighted by Gasteiger charge is -2.29. The molecule has 1 heterocycles. The Labute approximate surface area is 192 Å². The molecule has 0 atom stereocenters. The van der Waals surface area contributed by atoms with Gasteiger partial charge in [-0.2, -0.15) is 0 Å². The molecule has 0 fully saturated rings. The number of carbonyl (C=O) groups is 2. The zero-order valence-corrected chi connectivity index (χ0v) is 18.9. The summed E-state index contributed by atoms with van der Waals surface area (Å²) in [6, 6.07) is 12.1. The number of nitrogens with zero attached hydrogens (tertiary/aromatic N) is 2. The molecule has 2 amide bonds. The molecule has 0 radical (unpaired) electrons. The van der Waals surface area contributed by atoms with Crippen LogP contribution in [0.25, 0.3) is 4.85 Å². The molecule has 3 rings (SSSR count). The Hall–Kier alpha value is -3.86. The van der Waals surface area contributed by atoms with Crippen LogP contribution in [-0.2, 0) is 11.2 Å². The lowest BCUT2D eigenvalue weighted by Crippen LogP contribution is -2.37. The molecular weight excluding hydrogens is 425 g/mol. The number of rotatable bonds is 6. The van der Waals surface area contributed by atoms with Gasteiger partial charge in [0.25, 0.3) is 5.91 Å². The summed E-state index contributed by atoms with van der Waals surface area (Å²) in [4.78, 5) is 29.7. The van der Waals surface area contributed by atoms with Gasteiger partial charge >= 0.3 is 6.09 Å². The van der Waals surface area contributed by atoms with E-state index < -0.39 is 11.7 Å². The molecular formula is C25H26FN3O4. The molecule has 0 bridgehead atoms. The van der Waals surface area contributed by atoms with E-state index in [1.165, 1.54) is 0 Å². The Balaban J connectivity index is 1.60. The first-order valence-corrected chi connectivity index (χ1v) is 10.5. The lowest BCUT2D eigenvalue weighted by atomic mass is 9.98. The van der Waals surface area contributed by atoms with E-state index in [0.29, 0.717) is 36.3 Å². The highest BCUT2D eigenvalue weighted by Crippen LogP contribution is 2.28. The van der Waals surface area contributed by atoms with Crippen LogP contribution in [0.2, 0.25) is 0 Å². The van der Waals surface area contributed by atoms with Crippen LogP contribution in [0, 0.1) is 6.57 Å². The third-order valence-electron chi connectivity index (χ3n) is 4.88. The number of ether oxygens (including phenoxy) is 2. The number of fused-ring (bicyclic) bond motifs is 1. The van der Waals surface area contributed by atoms with Crippen LogP contribution >= 0.6 is 0 Å². The standard InChI is InChI=1S/C25H26FN3O4/c1-25(2,3)33-24(31)28-15-17(14-26)16-32-21-9-10-22-18(13-21)11-12-29(23(22)30)20-7-5-19(27-4)6-8-20/h5-10,13-14H,11-12,15-16H2,1-3H3,(H,28,31)/b17-14-. The van der Waals surface area contributed by atoms with Crippen LogP contribution in [0.5, 0.6) is 5.75 Å². The number of carbonyl (C=O) groups excluding carboxylic acids is 2. The van der Waals surface area contributed by atoms with Gasteiger partial charge in [-0.25, -0.2) is 14.0 Å². The van der Waals surface area contributed by atoms with E-state index in [-0.39, 0.29) is 24.6 Å². The maximum absolute atomic E-state index is 13.2. The van der Waals surface area contributed by atoms with Crippen LogP contribution < -0.4 is 15.0 Å². The number of anilines is 1. The minimum absolute atomic E-state index is 0.0455. The maximum Gasteiger partial charge on any atom is 0.407 e. The zero-order valence-electron chi connectivity index (χ0n) is 18.9. The summed E-state index contributed by atoms with van der Waals surface area (Å²) < 4.78 is 24.0. The van der Waals surface area contributed by atoms with E-state index in [4.69, 9.17) is 16.0 Å². The van der Waals surface area contributed by atoms with E-state index >= 15 is 0 Å². The second-order valence-corrected chi connectivity index (χ2v) is 8.57. The number of nitrogens with one attached hydrogen (secondary N) is 1. The van der Waals surface area contributed by atoms with E-state index in [2.05, 4.69) is 10.2 Å². The number of amides is 2. The molecule has 0 saturated carbocycles. The molecule has 0 saturated heterocycles. The molecule has 1 aliphatic heterocycles. The van der Waals surface area contributed by atoms with Gasteiger partial charge in [-0.1, -0.05) is 12.1 Å². The van der Waals surface area contributed by atoms with Gasteiger partial charge in [0.05, 0.1) is 12.9 Å². The molecule has 0 spiro atoms. The van der Waals surface area contributed by atoms with Gasteiger partial charge in [0.15, 0.2) is 5.69 Å². The molecule has 2 aromatic rings. The molecule has 172 valence electrons. The van der Waals surface area contributed by atoms with Gasteiger partial charge in [0.2, 0.25) is 0 Å². The third kappa shape index (κ3) is 6.32. The highest BCUT2D eigenvalue weighted by atomic mass is 19.1. The summed E-state index contributed by atoms with van der Waals surface area (Å²) in [5.74, 6) is 0.386. The number of halogens is 1. The van der Waals surface area contributed by atoms with Gasteiger partial charge in [0, 0.05) is 29.9 Å². The van der Waals surface area contributed by atoms with E-state index in [1.807, 2.05) is 0 Å². The summed E-state index contributed by atoms with van der Waals surface area (Å²) in [6.45, 7) is 12.7. The highest BCUT2D eigenvalue weighted by molar-refractivity contribution is 6.08. The van der Waals surface area contributed by atoms with Gasteiger partial charge in [-0.05, 0) is 63.1 Å². The van der Waals surface area contributed by atoms with Crippen LogP contribution in [0.4, 0.5) is 20.6 Å². The maximum atomic E-state index is 13.2. The number of hydrogen-bond donors (Lipinski definition) is 1. The fourth-order valence-corrected chi connectivity index (χ4v) is 3.31. The minimum Gasteiger partial charge on any atom is -0.489 e. The normalized spacial score (nSPS) is 13.7. The molecule has 0 unspecified atom stereocenters. The van der Waals surface area contributed by atoms with Crippen molar-refractivity contribution in [2.24, 2.45) is 0 Å².